The van der Waals surface area contributed by atoms with Crippen molar-refractivity contribution in [1.82, 2.24) is 0 Å². The molecule has 0 nitrogen and oxygen atoms in total. The molecule has 4 aromatic carbocycles. The molecule has 4 aromatic rings. The minimum Gasteiger partial charge on any atom is -0.231 e. The highest BCUT2D eigenvalue weighted by Gasteiger charge is 2.61. The van der Waals surface area contributed by atoms with E-state index in [9.17, 15) is 17.6 Å². The summed E-state index contributed by atoms with van der Waals surface area (Å²) in [5.74, 6) is -6.94. The Kier molecular flexibility index (Phi) is 6.51. The van der Waals surface area contributed by atoms with E-state index in [-0.39, 0.29) is 11.1 Å². The highest BCUT2D eigenvalue weighted by molar-refractivity contribution is 5.86. The largest absolute Gasteiger partial charge is 0.425 e. The Balaban J connectivity index is 2.05. The van der Waals surface area contributed by atoms with E-state index >= 15 is 8.78 Å². The van der Waals surface area contributed by atoms with Crippen molar-refractivity contribution >= 4 is 0 Å². The molecule has 0 aliphatic rings. The summed E-state index contributed by atoms with van der Waals surface area (Å²) in [7, 11) is 0. The van der Waals surface area contributed by atoms with Crippen LogP contribution in [0.15, 0.2) is 109 Å². The quantitative estimate of drug-likeness (QED) is 0.247. The van der Waals surface area contributed by atoms with Crippen molar-refractivity contribution in [3.8, 4) is 22.3 Å². The fourth-order valence-electron chi connectivity index (χ4n) is 4.22. The molecule has 0 aliphatic carbocycles. The van der Waals surface area contributed by atoms with Gasteiger partial charge in [-0.2, -0.15) is 13.2 Å². The molecule has 0 aliphatic heterocycles. The van der Waals surface area contributed by atoms with Gasteiger partial charge in [-0.05, 0) is 33.4 Å². The lowest BCUT2D eigenvalue weighted by Crippen LogP contribution is -2.46. The van der Waals surface area contributed by atoms with E-state index in [0.29, 0.717) is 22.3 Å². The van der Waals surface area contributed by atoms with E-state index in [4.69, 9.17) is 0 Å². The van der Waals surface area contributed by atoms with Gasteiger partial charge < -0.3 is 0 Å². The standard InChI is InChI=1S/C28H20F6/c29-26(28(32,33)34)27(30,31)25(21-15-8-3-9-16-21)23-18-10-17-22(19-11-4-1-5-12-19)24(23)20-13-6-2-7-14-20/h1-18,25-26H. The van der Waals surface area contributed by atoms with Crippen molar-refractivity contribution in [2.75, 3.05) is 0 Å². The highest BCUT2D eigenvalue weighted by Crippen LogP contribution is 2.50. The third-order valence-corrected chi connectivity index (χ3v) is 5.70. The Labute approximate surface area is 193 Å². The predicted octanol–water partition coefficient (Wildman–Crippen LogP) is 8.69. The summed E-state index contributed by atoms with van der Waals surface area (Å²) >= 11 is 0. The zero-order valence-corrected chi connectivity index (χ0v) is 17.8. The molecule has 0 heterocycles. The zero-order valence-electron chi connectivity index (χ0n) is 17.8. The van der Waals surface area contributed by atoms with E-state index in [1.54, 1.807) is 72.8 Å². The molecule has 0 aromatic heterocycles. The van der Waals surface area contributed by atoms with E-state index in [1.165, 1.54) is 36.4 Å². The SMILES string of the molecule is FC(C(F)(F)F)C(F)(F)C(c1ccccc1)c1cccc(-c2ccccc2)c1-c1ccccc1. The molecule has 0 radical (unpaired) electrons. The van der Waals surface area contributed by atoms with Gasteiger partial charge in [0.25, 0.3) is 12.1 Å². The van der Waals surface area contributed by atoms with Gasteiger partial charge in [-0.15, -0.1) is 0 Å². The van der Waals surface area contributed by atoms with Crippen LogP contribution in [0, 0.1) is 0 Å². The number of alkyl halides is 6. The summed E-state index contributed by atoms with van der Waals surface area (Å²) in [5, 5.41) is 0. The Morgan fingerprint density at radius 2 is 1.03 bits per heavy atom. The minimum atomic E-state index is -5.72. The smallest absolute Gasteiger partial charge is 0.231 e. The molecule has 0 saturated heterocycles. The number of rotatable bonds is 6. The van der Waals surface area contributed by atoms with Crippen molar-refractivity contribution in [3.05, 3.63) is 120 Å². The maximum Gasteiger partial charge on any atom is 0.425 e. The van der Waals surface area contributed by atoms with Crippen LogP contribution in [0.5, 0.6) is 0 Å². The average Bonchev–Trinajstić information content (AvgIpc) is 2.84. The molecule has 0 spiro atoms. The molecule has 34 heavy (non-hydrogen) atoms. The second kappa shape index (κ2) is 9.37. The first-order valence-electron chi connectivity index (χ1n) is 10.6. The third kappa shape index (κ3) is 4.58. The lowest BCUT2D eigenvalue weighted by atomic mass is 9.78. The highest BCUT2D eigenvalue weighted by atomic mass is 19.4. The fourth-order valence-corrected chi connectivity index (χ4v) is 4.22. The molecule has 2 atom stereocenters. The van der Waals surface area contributed by atoms with E-state index in [0.717, 1.165) is 0 Å². The topological polar surface area (TPSA) is 0 Å². The molecular formula is C28H20F6. The van der Waals surface area contributed by atoms with E-state index in [2.05, 4.69) is 0 Å². The fraction of sp³-hybridized carbons (Fsp3) is 0.143. The molecular weight excluding hydrogens is 450 g/mol. The maximum absolute atomic E-state index is 15.5. The van der Waals surface area contributed by atoms with Gasteiger partial charge in [0.15, 0.2) is 0 Å². The van der Waals surface area contributed by atoms with Crippen molar-refractivity contribution in [2.45, 2.75) is 24.2 Å². The first-order valence-corrected chi connectivity index (χ1v) is 10.6. The van der Waals surface area contributed by atoms with Gasteiger partial charge in [0.1, 0.15) is 0 Å². The third-order valence-electron chi connectivity index (χ3n) is 5.70. The van der Waals surface area contributed by atoms with E-state index in [1.807, 2.05) is 0 Å². The van der Waals surface area contributed by atoms with Gasteiger partial charge in [0.2, 0.25) is 0 Å². The van der Waals surface area contributed by atoms with Crippen LogP contribution in [0.4, 0.5) is 26.3 Å². The summed E-state index contributed by atoms with van der Waals surface area (Å²) in [6.45, 7) is 0. The lowest BCUT2D eigenvalue weighted by Gasteiger charge is -2.33. The van der Waals surface area contributed by atoms with Crippen LogP contribution in [0.1, 0.15) is 17.0 Å². The summed E-state index contributed by atoms with van der Waals surface area (Å²) in [5.41, 5.74) is 1.93. The van der Waals surface area contributed by atoms with Gasteiger partial charge in [0.05, 0.1) is 5.92 Å². The van der Waals surface area contributed by atoms with Gasteiger partial charge >= 0.3 is 6.18 Å². The molecule has 2 unspecified atom stereocenters. The van der Waals surface area contributed by atoms with Crippen molar-refractivity contribution in [2.24, 2.45) is 0 Å². The van der Waals surface area contributed by atoms with E-state index < -0.39 is 24.2 Å². The number of hydrogen-bond acceptors (Lipinski definition) is 0. The molecule has 0 bridgehead atoms. The van der Waals surface area contributed by atoms with Crippen LogP contribution in [0.25, 0.3) is 22.3 Å². The predicted molar refractivity (Wildman–Crippen MR) is 121 cm³/mol. The number of halogens is 6. The van der Waals surface area contributed by atoms with Crippen LogP contribution in [0.2, 0.25) is 0 Å². The number of hydrogen-bond donors (Lipinski definition) is 0. The van der Waals surface area contributed by atoms with Crippen LogP contribution in [-0.2, 0) is 0 Å². The van der Waals surface area contributed by atoms with Crippen molar-refractivity contribution < 1.29 is 26.3 Å². The maximum atomic E-state index is 15.5. The van der Waals surface area contributed by atoms with Crippen LogP contribution >= 0.6 is 0 Å². The van der Waals surface area contributed by atoms with Crippen molar-refractivity contribution in [1.29, 1.82) is 0 Å². The zero-order chi connectivity index (χ0) is 24.3. The Hall–Kier alpha value is -3.54. The summed E-state index contributed by atoms with van der Waals surface area (Å²) in [6.07, 6.45) is -10.1. The van der Waals surface area contributed by atoms with Gasteiger partial charge in [-0.3, -0.25) is 0 Å². The Bertz CT molecular complexity index is 1220. The van der Waals surface area contributed by atoms with Gasteiger partial charge in [-0.25, -0.2) is 13.2 Å². The minimum absolute atomic E-state index is 0.0874. The Morgan fingerprint density at radius 3 is 1.56 bits per heavy atom. The van der Waals surface area contributed by atoms with Crippen molar-refractivity contribution in [3.63, 3.8) is 0 Å². The molecule has 6 heteroatoms. The molecule has 174 valence electrons. The molecule has 0 saturated carbocycles. The van der Waals surface area contributed by atoms with Crippen LogP contribution < -0.4 is 0 Å². The first-order chi connectivity index (χ1) is 16.2. The number of benzene rings is 4. The molecule has 0 amide bonds. The summed E-state index contributed by atoms with van der Waals surface area (Å²) in [4.78, 5) is 0. The monoisotopic (exact) mass is 470 g/mol. The Morgan fingerprint density at radius 1 is 0.529 bits per heavy atom. The van der Waals surface area contributed by atoms with Crippen LogP contribution in [0.3, 0.4) is 0 Å². The average molecular weight is 470 g/mol. The summed E-state index contributed by atoms with van der Waals surface area (Å²) < 4.78 is 85.1. The second-order valence-corrected chi connectivity index (χ2v) is 7.92. The second-order valence-electron chi connectivity index (χ2n) is 7.92. The molecule has 0 N–H and O–H groups in total. The normalized spacial score (nSPS) is 13.9. The molecule has 0 fully saturated rings. The molecule has 4 rings (SSSR count). The van der Waals surface area contributed by atoms with Gasteiger partial charge in [0, 0.05) is 0 Å². The first kappa shape index (κ1) is 23.6. The van der Waals surface area contributed by atoms with Crippen LogP contribution in [-0.4, -0.2) is 18.3 Å². The summed E-state index contributed by atoms with van der Waals surface area (Å²) in [6, 6.07) is 29.1. The lowest BCUT2D eigenvalue weighted by molar-refractivity contribution is -0.247. The van der Waals surface area contributed by atoms with Gasteiger partial charge in [-0.1, -0.05) is 109 Å².